The summed E-state index contributed by atoms with van der Waals surface area (Å²) in [5.74, 6) is -0.156. The number of aliphatic hydroxyl groups excluding tert-OH is 3. The molecule has 344 valence electrons. The molecule has 3 atom stereocenters. The van der Waals surface area contributed by atoms with Gasteiger partial charge in [-0.1, -0.05) is 256 Å². The van der Waals surface area contributed by atoms with E-state index in [9.17, 15) is 20.1 Å². The van der Waals surface area contributed by atoms with E-state index in [2.05, 4.69) is 43.5 Å². The molecular weight excluding hydrogens is 715 g/mol. The highest BCUT2D eigenvalue weighted by molar-refractivity contribution is 5.76. The van der Waals surface area contributed by atoms with Crippen LogP contribution >= 0.6 is 0 Å². The lowest BCUT2D eigenvalue weighted by atomic mass is 10.0. The molecule has 0 aromatic heterocycles. The lowest BCUT2D eigenvalue weighted by Crippen LogP contribution is -2.50. The summed E-state index contributed by atoms with van der Waals surface area (Å²) in [5.41, 5.74) is 0. The van der Waals surface area contributed by atoms with Gasteiger partial charge in [0.2, 0.25) is 5.91 Å². The zero-order chi connectivity index (χ0) is 42.3. The van der Waals surface area contributed by atoms with Crippen molar-refractivity contribution in [3.05, 3.63) is 24.3 Å². The quantitative estimate of drug-likeness (QED) is 0.0364. The Kier molecular flexibility index (Phi) is 47.5. The summed E-state index contributed by atoms with van der Waals surface area (Å²) in [6.07, 6.45) is 60.8. The zero-order valence-corrected chi connectivity index (χ0v) is 39.2. The molecule has 1 amide bonds. The predicted octanol–water partition coefficient (Wildman–Crippen LogP) is 15.7. The molecule has 0 fully saturated rings. The first-order chi connectivity index (χ1) is 28.6. The van der Waals surface area contributed by atoms with Crippen LogP contribution in [0.5, 0.6) is 0 Å². The van der Waals surface area contributed by atoms with Crippen LogP contribution in [0.1, 0.15) is 284 Å². The summed E-state index contributed by atoms with van der Waals surface area (Å²) >= 11 is 0. The third kappa shape index (κ3) is 42.9. The van der Waals surface area contributed by atoms with Crippen LogP contribution in [0, 0.1) is 0 Å². The number of unbranched alkanes of at least 4 members (excludes halogenated alkanes) is 36. The number of aliphatic hydroxyl groups is 3. The van der Waals surface area contributed by atoms with Crippen molar-refractivity contribution in [3.63, 3.8) is 0 Å². The smallest absolute Gasteiger partial charge is 0.220 e. The van der Waals surface area contributed by atoms with Crippen molar-refractivity contribution in [2.75, 3.05) is 6.61 Å². The van der Waals surface area contributed by atoms with Crippen LogP contribution in [0.4, 0.5) is 0 Å². The maximum atomic E-state index is 12.4. The Balaban J connectivity index is 3.39. The molecule has 0 aliphatic carbocycles. The van der Waals surface area contributed by atoms with Crippen LogP contribution in [-0.2, 0) is 4.79 Å². The molecule has 0 aliphatic rings. The van der Waals surface area contributed by atoms with E-state index in [0.717, 1.165) is 51.4 Å². The van der Waals surface area contributed by atoms with Crippen molar-refractivity contribution in [2.45, 2.75) is 302 Å². The molecule has 0 saturated heterocycles. The minimum Gasteiger partial charge on any atom is -0.394 e. The zero-order valence-electron chi connectivity index (χ0n) is 39.2. The van der Waals surface area contributed by atoms with E-state index < -0.39 is 18.2 Å². The number of rotatable bonds is 48. The molecule has 0 heterocycles. The van der Waals surface area contributed by atoms with Gasteiger partial charge in [0.25, 0.3) is 0 Å². The fourth-order valence-corrected chi connectivity index (χ4v) is 8.31. The molecule has 3 unspecified atom stereocenters. The van der Waals surface area contributed by atoms with Gasteiger partial charge in [-0.05, 0) is 44.9 Å². The monoisotopic (exact) mass is 818 g/mol. The Morgan fingerprint density at radius 3 is 1.07 bits per heavy atom. The largest absolute Gasteiger partial charge is 0.394 e. The Bertz CT molecular complexity index is 859. The Morgan fingerprint density at radius 1 is 0.431 bits per heavy atom. The van der Waals surface area contributed by atoms with Crippen LogP contribution in [0.3, 0.4) is 0 Å². The molecular formula is C53H103NO4. The van der Waals surface area contributed by atoms with E-state index >= 15 is 0 Å². The van der Waals surface area contributed by atoms with E-state index in [0.29, 0.717) is 12.8 Å². The number of carbonyl (C=O) groups is 1. The molecule has 5 nitrogen and oxygen atoms in total. The normalized spacial score (nSPS) is 13.5. The molecule has 0 aliphatic heterocycles. The molecule has 0 spiro atoms. The van der Waals surface area contributed by atoms with Crippen molar-refractivity contribution in [3.8, 4) is 0 Å². The van der Waals surface area contributed by atoms with Gasteiger partial charge in [0.15, 0.2) is 0 Å². The molecule has 0 aromatic rings. The van der Waals surface area contributed by atoms with Gasteiger partial charge in [-0.25, -0.2) is 0 Å². The van der Waals surface area contributed by atoms with E-state index in [4.69, 9.17) is 0 Å². The van der Waals surface area contributed by atoms with Crippen LogP contribution in [0.2, 0.25) is 0 Å². The number of hydrogen-bond donors (Lipinski definition) is 4. The lowest BCUT2D eigenvalue weighted by Gasteiger charge is -2.26. The summed E-state index contributed by atoms with van der Waals surface area (Å²) < 4.78 is 0. The van der Waals surface area contributed by atoms with Crippen molar-refractivity contribution >= 4 is 5.91 Å². The van der Waals surface area contributed by atoms with Gasteiger partial charge < -0.3 is 20.6 Å². The third-order valence-corrected chi connectivity index (χ3v) is 12.3. The first-order valence-electron chi connectivity index (χ1n) is 26.1. The highest BCUT2D eigenvalue weighted by Gasteiger charge is 2.26. The van der Waals surface area contributed by atoms with E-state index in [-0.39, 0.29) is 12.5 Å². The van der Waals surface area contributed by atoms with Gasteiger partial charge in [-0.2, -0.15) is 0 Å². The van der Waals surface area contributed by atoms with Crippen molar-refractivity contribution < 1.29 is 20.1 Å². The van der Waals surface area contributed by atoms with E-state index in [1.807, 2.05) is 0 Å². The van der Waals surface area contributed by atoms with Gasteiger partial charge in [-0.15, -0.1) is 0 Å². The second-order valence-electron chi connectivity index (χ2n) is 18.0. The van der Waals surface area contributed by atoms with Crippen molar-refractivity contribution in [1.82, 2.24) is 5.32 Å². The molecule has 0 radical (unpaired) electrons. The maximum absolute atomic E-state index is 12.4. The Hall–Kier alpha value is -1.17. The summed E-state index contributed by atoms with van der Waals surface area (Å²) in [6.45, 7) is 4.05. The van der Waals surface area contributed by atoms with E-state index in [1.165, 1.54) is 205 Å². The van der Waals surface area contributed by atoms with Gasteiger partial charge in [-0.3, -0.25) is 4.79 Å². The summed E-state index contributed by atoms with van der Waals surface area (Å²) in [5, 5.41) is 33.4. The molecule has 58 heavy (non-hydrogen) atoms. The third-order valence-electron chi connectivity index (χ3n) is 12.3. The minimum absolute atomic E-state index is 0.156. The number of hydrogen-bond acceptors (Lipinski definition) is 4. The second-order valence-corrected chi connectivity index (χ2v) is 18.0. The van der Waals surface area contributed by atoms with Gasteiger partial charge >= 0.3 is 0 Å². The molecule has 0 saturated carbocycles. The van der Waals surface area contributed by atoms with Crippen molar-refractivity contribution in [2.24, 2.45) is 0 Å². The lowest BCUT2D eigenvalue weighted by molar-refractivity contribution is -0.124. The van der Waals surface area contributed by atoms with E-state index in [1.54, 1.807) is 0 Å². The SMILES string of the molecule is CC/C=C/CC/C=C/CCCC(O)C(O)C(CO)NC(=O)CCCCCCCCCCCCCCCCCCCCCCCCCCCCCCCCCCCCC. The van der Waals surface area contributed by atoms with Gasteiger partial charge in [0.1, 0.15) is 6.10 Å². The minimum atomic E-state index is -1.16. The first kappa shape index (κ1) is 56.8. The average Bonchev–Trinajstić information content (AvgIpc) is 3.23. The molecule has 0 aromatic carbocycles. The first-order valence-corrected chi connectivity index (χ1v) is 26.1. The number of carbonyl (C=O) groups excluding carboxylic acids is 1. The fraction of sp³-hybridized carbons (Fsp3) is 0.906. The summed E-state index contributed by atoms with van der Waals surface area (Å²) in [6, 6.07) is -0.827. The molecule has 0 rings (SSSR count). The average molecular weight is 818 g/mol. The second kappa shape index (κ2) is 48.5. The maximum Gasteiger partial charge on any atom is 0.220 e. The Labute approximate surface area is 362 Å². The van der Waals surface area contributed by atoms with Crippen LogP contribution in [0.25, 0.3) is 0 Å². The fourth-order valence-electron chi connectivity index (χ4n) is 8.31. The standard InChI is InChI=1S/C53H103NO4/c1-3-5-7-9-11-13-14-15-16-17-18-19-20-21-22-23-24-25-26-27-28-29-30-31-32-33-34-35-36-37-38-40-42-44-46-48-52(57)54-50(49-55)53(58)51(56)47-45-43-41-39-12-10-8-6-4-2/h6,8,39,41,50-51,53,55-56,58H,3-5,7,9-38,40,42-49H2,1-2H3,(H,54,57)/b8-6+,41-39+. The molecule has 5 heteroatoms. The predicted molar refractivity (Wildman–Crippen MR) is 255 cm³/mol. The summed E-state index contributed by atoms with van der Waals surface area (Å²) in [7, 11) is 0. The van der Waals surface area contributed by atoms with Gasteiger partial charge in [0, 0.05) is 6.42 Å². The number of amides is 1. The topological polar surface area (TPSA) is 89.8 Å². The number of nitrogens with one attached hydrogen (secondary N) is 1. The Morgan fingerprint density at radius 2 is 0.741 bits per heavy atom. The van der Waals surface area contributed by atoms with Crippen LogP contribution < -0.4 is 5.32 Å². The number of allylic oxidation sites excluding steroid dienone is 4. The van der Waals surface area contributed by atoms with Crippen LogP contribution in [0.15, 0.2) is 24.3 Å². The molecule has 0 bridgehead atoms. The molecule has 4 N–H and O–H groups in total. The highest BCUT2D eigenvalue weighted by atomic mass is 16.3. The van der Waals surface area contributed by atoms with Crippen molar-refractivity contribution in [1.29, 1.82) is 0 Å². The summed E-state index contributed by atoms with van der Waals surface area (Å²) in [4.78, 5) is 12.4. The highest BCUT2D eigenvalue weighted by Crippen LogP contribution is 2.18. The van der Waals surface area contributed by atoms with Crippen LogP contribution in [-0.4, -0.2) is 46.1 Å². The van der Waals surface area contributed by atoms with Gasteiger partial charge in [0.05, 0.1) is 18.8 Å².